The number of benzene rings is 3. The van der Waals surface area contributed by atoms with E-state index in [0.717, 1.165) is 33.2 Å². The molecule has 5 rings (SSSR count). The van der Waals surface area contributed by atoms with Crippen LogP contribution in [-0.4, -0.2) is 42.9 Å². The summed E-state index contributed by atoms with van der Waals surface area (Å²) in [5.74, 6) is -0.631. The molecule has 0 unspecified atom stereocenters. The molecule has 9 heteroatoms. The van der Waals surface area contributed by atoms with Gasteiger partial charge in [-0.25, -0.2) is 4.79 Å². The van der Waals surface area contributed by atoms with Crippen molar-refractivity contribution >= 4 is 63.0 Å². The molecule has 3 aromatic carbocycles. The predicted molar refractivity (Wildman–Crippen MR) is 143 cm³/mol. The van der Waals surface area contributed by atoms with Crippen LogP contribution in [0.5, 0.6) is 0 Å². The third-order valence-electron chi connectivity index (χ3n) is 5.81. The number of carboxylic acids is 1. The highest BCUT2D eigenvalue weighted by atomic mass is 32.2. The third kappa shape index (κ3) is 4.68. The molecule has 4 N–H and O–H groups in total. The molecule has 1 amide bonds. The number of fused-ring (bicyclic) bond motifs is 1. The molecule has 0 aliphatic carbocycles. The summed E-state index contributed by atoms with van der Waals surface area (Å²) in [5, 5.41) is 16.9. The smallest absolute Gasteiger partial charge is 0.335 e. The number of thioether (sulfide) groups is 1. The highest BCUT2D eigenvalue weighted by Gasteiger charge is 2.31. The fraction of sp³-hybridized carbons (Fsp3) is 0.0769. The number of H-pyrrole nitrogens is 1. The Bertz CT molecular complexity index is 1510. The number of nitrogens with one attached hydrogen (secondary N) is 1. The number of carbonyl (C=O) groups excluding carboxylic acids is 1. The molecule has 1 aliphatic rings. The van der Waals surface area contributed by atoms with Crippen molar-refractivity contribution in [1.82, 2.24) is 15.1 Å². The number of hydrogen-bond donors (Lipinski definition) is 3. The number of anilines is 1. The van der Waals surface area contributed by atoms with E-state index < -0.39 is 5.97 Å². The molecule has 174 valence electrons. The van der Waals surface area contributed by atoms with Crippen LogP contribution in [0.25, 0.3) is 28.1 Å². The Morgan fingerprint density at radius 2 is 1.89 bits per heavy atom. The molecule has 0 spiro atoms. The van der Waals surface area contributed by atoms with Crippen LogP contribution in [0, 0.1) is 0 Å². The Hall–Kier alpha value is -3.95. The largest absolute Gasteiger partial charge is 0.478 e. The van der Waals surface area contributed by atoms with Crippen molar-refractivity contribution in [1.29, 1.82) is 0 Å². The molecule has 7 nitrogen and oxygen atoms in total. The van der Waals surface area contributed by atoms with E-state index in [1.165, 1.54) is 11.8 Å². The van der Waals surface area contributed by atoms with Gasteiger partial charge < -0.3 is 10.8 Å². The number of aromatic carboxylic acids is 1. The monoisotopic (exact) mass is 500 g/mol. The van der Waals surface area contributed by atoms with E-state index >= 15 is 0 Å². The molecule has 1 aromatic heterocycles. The minimum Gasteiger partial charge on any atom is -0.478 e. The lowest BCUT2D eigenvalue weighted by atomic mass is 10.0. The second-order valence-corrected chi connectivity index (χ2v) is 9.76. The van der Waals surface area contributed by atoms with Crippen molar-refractivity contribution in [2.24, 2.45) is 0 Å². The Labute approximate surface area is 210 Å². The lowest BCUT2D eigenvalue weighted by Gasteiger charge is -2.14. The maximum absolute atomic E-state index is 13.0. The number of carbonyl (C=O) groups is 2. The summed E-state index contributed by atoms with van der Waals surface area (Å²) < 4.78 is 0.514. The first kappa shape index (κ1) is 22.8. The van der Waals surface area contributed by atoms with Crippen LogP contribution in [0.3, 0.4) is 0 Å². The maximum Gasteiger partial charge on any atom is 0.335 e. The zero-order valence-corrected chi connectivity index (χ0v) is 20.0. The van der Waals surface area contributed by atoms with E-state index in [0.29, 0.717) is 28.0 Å². The number of amides is 1. The summed E-state index contributed by atoms with van der Waals surface area (Å²) >= 11 is 6.75. The van der Waals surface area contributed by atoms with E-state index in [9.17, 15) is 9.59 Å². The molecule has 0 bridgehead atoms. The SMILES string of the molecule is Nc1n[nH]c2ccc(-c3cccc(C=C4SC(=S)N(CCc5ccc(C(=O)O)cc5)C4=O)c3)cc12. The van der Waals surface area contributed by atoms with Crippen LogP contribution in [0.2, 0.25) is 0 Å². The third-order valence-corrected chi connectivity index (χ3v) is 7.19. The number of nitrogen functional groups attached to an aromatic ring is 1. The number of rotatable bonds is 6. The first-order chi connectivity index (χ1) is 16.9. The number of nitrogens with two attached hydrogens (primary N) is 1. The average Bonchev–Trinajstić information content (AvgIpc) is 3.36. The van der Waals surface area contributed by atoms with Crippen molar-refractivity contribution in [3.05, 3.63) is 88.3 Å². The highest BCUT2D eigenvalue weighted by Crippen LogP contribution is 2.34. The summed E-state index contributed by atoms with van der Waals surface area (Å²) in [5.41, 5.74) is 10.9. The molecule has 4 aromatic rings. The first-order valence-electron chi connectivity index (χ1n) is 10.8. The number of nitrogens with zero attached hydrogens (tertiary/aromatic N) is 2. The van der Waals surface area contributed by atoms with E-state index in [2.05, 4.69) is 10.2 Å². The van der Waals surface area contributed by atoms with Crippen LogP contribution in [0.1, 0.15) is 21.5 Å². The van der Waals surface area contributed by atoms with Crippen LogP contribution in [0.15, 0.2) is 71.6 Å². The van der Waals surface area contributed by atoms with Crippen LogP contribution < -0.4 is 5.73 Å². The van der Waals surface area contributed by atoms with Gasteiger partial charge in [-0.2, -0.15) is 5.10 Å². The molecular formula is C26H20N4O3S2. The molecule has 1 saturated heterocycles. The lowest BCUT2D eigenvalue weighted by Crippen LogP contribution is -2.30. The van der Waals surface area contributed by atoms with Gasteiger partial charge in [0.25, 0.3) is 5.91 Å². The summed E-state index contributed by atoms with van der Waals surface area (Å²) in [4.78, 5) is 26.2. The van der Waals surface area contributed by atoms with E-state index in [-0.39, 0.29) is 11.5 Å². The van der Waals surface area contributed by atoms with E-state index in [4.69, 9.17) is 23.1 Å². The van der Waals surface area contributed by atoms with Gasteiger partial charge in [-0.05, 0) is 65.1 Å². The Morgan fingerprint density at radius 1 is 1.11 bits per heavy atom. The Kier molecular flexibility index (Phi) is 6.10. The van der Waals surface area contributed by atoms with Crippen molar-refractivity contribution in [3.63, 3.8) is 0 Å². The number of thiocarbonyl (C=S) groups is 1. The topological polar surface area (TPSA) is 112 Å². The number of aromatic amines is 1. The van der Waals surface area contributed by atoms with Crippen molar-refractivity contribution in [2.75, 3.05) is 12.3 Å². The number of aromatic nitrogens is 2. The van der Waals surface area contributed by atoms with Gasteiger partial charge >= 0.3 is 5.97 Å². The minimum absolute atomic E-state index is 0.125. The predicted octanol–water partition coefficient (Wildman–Crippen LogP) is 4.95. The quantitative estimate of drug-likeness (QED) is 0.254. The highest BCUT2D eigenvalue weighted by molar-refractivity contribution is 8.26. The minimum atomic E-state index is -0.964. The number of hydrogen-bond acceptors (Lipinski definition) is 6. The van der Waals surface area contributed by atoms with E-state index in [1.807, 2.05) is 48.5 Å². The summed E-state index contributed by atoms with van der Waals surface area (Å²) in [6.45, 7) is 0.431. The summed E-state index contributed by atoms with van der Waals surface area (Å²) in [6.07, 6.45) is 2.43. The van der Waals surface area contributed by atoms with Gasteiger partial charge in [0.15, 0.2) is 5.82 Å². The van der Waals surface area contributed by atoms with Crippen molar-refractivity contribution in [2.45, 2.75) is 6.42 Å². The van der Waals surface area contributed by atoms with Gasteiger partial charge in [0, 0.05) is 11.9 Å². The molecule has 2 heterocycles. The van der Waals surface area contributed by atoms with Crippen LogP contribution >= 0.6 is 24.0 Å². The molecule has 0 saturated carbocycles. The zero-order chi connectivity index (χ0) is 24.5. The fourth-order valence-corrected chi connectivity index (χ4v) is 5.23. The van der Waals surface area contributed by atoms with Gasteiger partial charge in [0.1, 0.15) is 4.32 Å². The Balaban J connectivity index is 1.32. The van der Waals surface area contributed by atoms with Crippen LogP contribution in [0.4, 0.5) is 5.82 Å². The molecular weight excluding hydrogens is 480 g/mol. The maximum atomic E-state index is 13.0. The van der Waals surface area contributed by atoms with Gasteiger partial charge in [-0.15, -0.1) is 0 Å². The lowest BCUT2D eigenvalue weighted by molar-refractivity contribution is -0.122. The van der Waals surface area contributed by atoms with Gasteiger partial charge in [0.05, 0.1) is 16.0 Å². The standard InChI is InChI=1S/C26H20N4O3S2/c27-23-20-14-19(8-9-21(20)28-29-23)18-3-1-2-16(12-18)13-22-24(31)30(26(34)35-22)11-10-15-4-6-17(7-5-15)25(32)33/h1-9,12-14H,10-11H2,(H,32,33)(H3,27,28,29). The van der Waals surface area contributed by atoms with Gasteiger partial charge in [-0.3, -0.25) is 14.8 Å². The zero-order valence-electron chi connectivity index (χ0n) is 18.4. The van der Waals surface area contributed by atoms with Crippen molar-refractivity contribution < 1.29 is 14.7 Å². The fourth-order valence-electron chi connectivity index (χ4n) is 3.92. The molecule has 1 fully saturated rings. The molecule has 0 atom stereocenters. The molecule has 1 aliphatic heterocycles. The summed E-state index contributed by atoms with van der Waals surface area (Å²) in [7, 11) is 0. The number of carboxylic acid groups (broad SMARTS) is 1. The second-order valence-electron chi connectivity index (χ2n) is 8.08. The van der Waals surface area contributed by atoms with Crippen molar-refractivity contribution in [3.8, 4) is 11.1 Å². The van der Waals surface area contributed by atoms with Gasteiger partial charge in [0.2, 0.25) is 0 Å². The van der Waals surface area contributed by atoms with E-state index in [1.54, 1.807) is 29.2 Å². The normalized spacial score (nSPS) is 14.9. The Morgan fingerprint density at radius 3 is 2.66 bits per heavy atom. The first-order valence-corrected chi connectivity index (χ1v) is 12.0. The molecule has 0 radical (unpaired) electrons. The van der Waals surface area contributed by atoms with Gasteiger partial charge in [-0.1, -0.05) is 60.4 Å². The average molecular weight is 501 g/mol. The van der Waals surface area contributed by atoms with Crippen LogP contribution in [-0.2, 0) is 11.2 Å². The molecule has 35 heavy (non-hydrogen) atoms. The summed E-state index contributed by atoms with van der Waals surface area (Å²) in [6, 6.07) is 20.5. The second kappa shape index (κ2) is 9.36.